The maximum atomic E-state index is 13.4. The molecule has 0 heterocycles. The molecule has 1 aliphatic carbocycles. The molecule has 1 aliphatic rings. The van der Waals surface area contributed by atoms with Crippen LogP contribution in [0.3, 0.4) is 0 Å². The average molecular weight is 172 g/mol. The third kappa shape index (κ3) is 1.85. The summed E-state index contributed by atoms with van der Waals surface area (Å²) in [6.07, 6.45) is 1.70. The molecule has 0 N–H and O–H groups in total. The minimum Gasteiger partial charge on any atom is -0.296 e. The number of alkyl halides is 1. The van der Waals surface area contributed by atoms with Gasteiger partial charge in [0.15, 0.2) is 11.5 Å². The molecule has 2 unspecified atom stereocenters. The van der Waals surface area contributed by atoms with E-state index >= 15 is 0 Å². The number of hydrogen-bond acceptors (Lipinski definition) is 1. The van der Waals surface area contributed by atoms with Gasteiger partial charge >= 0.3 is 0 Å². The number of halogens is 1. The third-order valence-corrected chi connectivity index (χ3v) is 2.96. The van der Waals surface area contributed by atoms with Crippen molar-refractivity contribution in [2.75, 3.05) is 0 Å². The zero-order valence-corrected chi connectivity index (χ0v) is 8.06. The Morgan fingerprint density at radius 2 is 2.17 bits per heavy atom. The summed E-state index contributed by atoms with van der Waals surface area (Å²) in [7, 11) is 0. The zero-order valence-electron chi connectivity index (χ0n) is 8.06. The molecule has 1 fully saturated rings. The van der Waals surface area contributed by atoms with Gasteiger partial charge in [0.2, 0.25) is 0 Å². The van der Waals surface area contributed by atoms with Crippen molar-refractivity contribution in [2.24, 2.45) is 11.8 Å². The summed E-state index contributed by atoms with van der Waals surface area (Å²) in [5.41, 5.74) is -1.54. The van der Waals surface area contributed by atoms with E-state index in [1.165, 1.54) is 6.92 Å². The van der Waals surface area contributed by atoms with Gasteiger partial charge in [0.05, 0.1) is 0 Å². The van der Waals surface area contributed by atoms with Gasteiger partial charge in [-0.1, -0.05) is 13.8 Å². The van der Waals surface area contributed by atoms with E-state index in [9.17, 15) is 9.18 Å². The predicted octanol–water partition coefficient (Wildman–Crippen LogP) is 2.74. The number of carbonyl (C=O) groups is 1. The van der Waals surface area contributed by atoms with Crippen molar-refractivity contribution in [3.63, 3.8) is 0 Å². The lowest BCUT2D eigenvalue weighted by atomic mass is 9.75. The molecule has 0 amide bonds. The number of ketones is 1. The molecule has 0 bridgehead atoms. The summed E-state index contributed by atoms with van der Waals surface area (Å²) >= 11 is 0. The molecule has 2 heteroatoms. The molecule has 1 nitrogen and oxygen atoms in total. The van der Waals surface area contributed by atoms with E-state index in [0.717, 1.165) is 6.42 Å². The largest absolute Gasteiger partial charge is 0.296 e. The Morgan fingerprint density at radius 1 is 1.58 bits per heavy atom. The van der Waals surface area contributed by atoms with Gasteiger partial charge in [-0.2, -0.15) is 0 Å². The van der Waals surface area contributed by atoms with Gasteiger partial charge in [-0.05, 0) is 31.6 Å². The fourth-order valence-electron chi connectivity index (χ4n) is 1.72. The average Bonchev–Trinajstić information content (AvgIpc) is 1.94. The van der Waals surface area contributed by atoms with E-state index in [-0.39, 0.29) is 5.78 Å². The van der Waals surface area contributed by atoms with Crippen LogP contribution in [0.4, 0.5) is 4.39 Å². The molecule has 12 heavy (non-hydrogen) atoms. The second kappa shape index (κ2) is 3.15. The minimum atomic E-state index is -1.54. The molecule has 0 aromatic rings. The van der Waals surface area contributed by atoms with Crippen LogP contribution in [0.1, 0.15) is 40.0 Å². The first-order valence-corrected chi connectivity index (χ1v) is 4.65. The van der Waals surface area contributed by atoms with Crippen LogP contribution in [0.5, 0.6) is 0 Å². The molecule has 0 saturated heterocycles. The first kappa shape index (κ1) is 9.69. The van der Waals surface area contributed by atoms with Crippen molar-refractivity contribution in [2.45, 2.75) is 45.7 Å². The van der Waals surface area contributed by atoms with Crippen LogP contribution in [0.2, 0.25) is 0 Å². The van der Waals surface area contributed by atoms with E-state index in [1.54, 1.807) is 0 Å². The molecule has 0 aromatic carbocycles. The summed E-state index contributed by atoms with van der Waals surface area (Å²) in [4.78, 5) is 11.3. The van der Waals surface area contributed by atoms with Gasteiger partial charge < -0.3 is 0 Å². The standard InChI is InChI=1S/C10H17FO/c1-7(2)8-4-5-10(3,11)9(12)6-8/h7-8H,4-6H2,1-3H3. The van der Waals surface area contributed by atoms with Crippen LogP contribution in [0.15, 0.2) is 0 Å². The van der Waals surface area contributed by atoms with Gasteiger partial charge in [0.1, 0.15) is 0 Å². The van der Waals surface area contributed by atoms with Crippen LogP contribution in [-0.2, 0) is 4.79 Å². The van der Waals surface area contributed by atoms with Crippen molar-refractivity contribution in [3.05, 3.63) is 0 Å². The Balaban J connectivity index is 2.58. The minimum absolute atomic E-state index is 0.201. The van der Waals surface area contributed by atoms with Crippen molar-refractivity contribution >= 4 is 5.78 Å². The molecule has 2 atom stereocenters. The van der Waals surface area contributed by atoms with Crippen molar-refractivity contribution in [1.29, 1.82) is 0 Å². The Morgan fingerprint density at radius 3 is 2.58 bits per heavy atom. The van der Waals surface area contributed by atoms with Crippen LogP contribution in [0, 0.1) is 11.8 Å². The third-order valence-electron chi connectivity index (χ3n) is 2.96. The summed E-state index contributed by atoms with van der Waals surface area (Å²) in [5.74, 6) is 0.707. The highest BCUT2D eigenvalue weighted by atomic mass is 19.1. The van der Waals surface area contributed by atoms with Crippen molar-refractivity contribution in [1.82, 2.24) is 0 Å². The second-order valence-electron chi connectivity index (χ2n) is 4.37. The summed E-state index contributed by atoms with van der Waals surface area (Å²) in [6.45, 7) is 5.60. The summed E-state index contributed by atoms with van der Waals surface area (Å²) in [5, 5.41) is 0. The highest BCUT2D eigenvalue weighted by Crippen LogP contribution is 2.35. The number of hydrogen-bond donors (Lipinski definition) is 0. The van der Waals surface area contributed by atoms with Crippen LogP contribution < -0.4 is 0 Å². The highest BCUT2D eigenvalue weighted by molar-refractivity contribution is 5.87. The van der Waals surface area contributed by atoms with E-state index < -0.39 is 5.67 Å². The lowest BCUT2D eigenvalue weighted by Gasteiger charge is -2.31. The Bertz CT molecular complexity index is 184. The van der Waals surface area contributed by atoms with Gasteiger partial charge in [-0.3, -0.25) is 4.79 Å². The maximum absolute atomic E-state index is 13.4. The SMILES string of the molecule is CC(C)C1CCC(C)(F)C(=O)C1. The van der Waals surface area contributed by atoms with Crippen LogP contribution in [0.25, 0.3) is 0 Å². The number of rotatable bonds is 1. The van der Waals surface area contributed by atoms with E-state index in [4.69, 9.17) is 0 Å². The van der Waals surface area contributed by atoms with Gasteiger partial charge in [-0.15, -0.1) is 0 Å². The predicted molar refractivity (Wildman–Crippen MR) is 46.7 cm³/mol. The van der Waals surface area contributed by atoms with Crippen LogP contribution in [-0.4, -0.2) is 11.5 Å². The van der Waals surface area contributed by atoms with Crippen molar-refractivity contribution < 1.29 is 9.18 Å². The number of carbonyl (C=O) groups excluding carboxylic acids is 1. The normalized spacial score (nSPS) is 37.4. The quantitative estimate of drug-likeness (QED) is 0.594. The molecule has 1 rings (SSSR count). The van der Waals surface area contributed by atoms with Gasteiger partial charge in [-0.25, -0.2) is 4.39 Å². The molecule has 0 aliphatic heterocycles. The summed E-state index contributed by atoms with van der Waals surface area (Å²) < 4.78 is 13.4. The summed E-state index contributed by atoms with van der Waals surface area (Å²) in [6, 6.07) is 0. The molecule has 1 saturated carbocycles. The molecular weight excluding hydrogens is 155 g/mol. The van der Waals surface area contributed by atoms with Crippen molar-refractivity contribution in [3.8, 4) is 0 Å². The Kier molecular flexibility index (Phi) is 2.55. The first-order valence-electron chi connectivity index (χ1n) is 4.65. The van der Waals surface area contributed by atoms with Gasteiger partial charge in [0, 0.05) is 6.42 Å². The smallest absolute Gasteiger partial charge is 0.169 e. The molecule has 0 aromatic heterocycles. The Labute approximate surface area is 73.3 Å². The fraction of sp³-hybridized carbons (Fsp3) is 0.900. The monoisotopic (exact) mass is 172 g/mol. The van der Waals surface area contributed by atoms with Gasteiger partial charge in [0.25, 0.3) is 0 Å². The lowest BCUT2D eigenvalue weighted by Crippen LogP contribution is -2.38. The maximum Gasteiger partial charge on any atom is 0.169 e. The van der Waals surface area contributed by atoms with Crippen LogP contribution >= 0.6 is 0 Å². The zero-order chi connectivity index (χ0) is 9.35. The van der Waals surface area contributed by atoms with E-state index in [2.05, 4.69) is 13.8 Å². The fourth-order valence-corrected chi connectivity index (χ4v) is 1.72. The molecule has 70 valence electrons. The van der Waals surface area contributed by atoms with E-state index in [0.29, 0.717) is 24.7 Å². The second-order valence-corrected chi connectivity index (χ2v) is 4.37. The topological polar surface area (TPSA) is 17.1 Å². The molecular formula is C10H17FO. The highest BCUT2D eigenvalue weighted by Gasteiger charge is 2.39. The first-order chi connectivity index (χ1) is 5.43. The Hall–Kier alpha value is -0.400. The lowest BCUT2D eigenvalue weighted by molar-refractivity contribution is -0.134. The molecule has 0 spiro atoms. The molecule has 0 radical (unpaired) electrons. The number of Topliss-reactive ketones (excluding diaryl/α,β-unsaturated/α-hetero) is 1. The van der Waals surface area contributed by atoms with E-state index in [1.807, 2.05) is 0 Å².